The van der Waals surface area contributed by atoms with E-state index in [4.69, 9.17) is 35.3 Å². The minimum Gasteiger partial charge on any atom is -0.493 e. The molecule has 1 heterocycles. The van der Waals surface area contributed by atoms with Crippen molar-refractivity contribution in [2.24, 2.45) is 0 Å². The third-order valence-electron chi connectivity index (χ3n) is 5.20. The Balaban J connectivity index is 1.64. The van der Waals surface area contributed by atoms with Gasteiger partial charge in [-0.15, -0.1) is 0 Å². The van der Waals surface area contributed by atoms with Gasteiger partial charge in [0.05, 0.1) is 32.5 Å². The number of ether oxygens (including phenoxy) is 5. The fraction of sp³-hybridized carbons (Fsp3) is 0.154. The highest BCUT2D eigenvalue weighted by molar-refractivity contribution is 6.30. The lowest BCUT2D eigenvalue weighted by molar-refractivity contribution is 0.0734. The molecule has 34 heavy (non-hydrogen) atoms. The molecular weight excluding hydrogens is 460 g/mol. The van der Waals surface area contributed by atoms with Gasteiger partial charge in [0, 0.05) is 11.1 Å². The molecule has 0 saturated heterocycles. The predicted molar refractivity (Wildman–Crippen MR) is 127 cm³/mol. The second-order valence-electron chi connectivity index (χ2n) is 7.41. The summed E-state index contributed by atoms with van der Waals surface area (Å²) in [4.78, 5) is 25.5. The maximum Gasteiger partial charge on any atom is 0.343 e. The van der Waals surface area contributed by atoms with Crippen LogP contribution in [0.5, 0.6) is 28.7 Å². The summed E-state index contributed by atoms with van der Waals surface area (Å²) >= 11 is 5.95. The topological polar surface area (TPSA) is 80.3 Å². The third kappa shape index (κ3) is 4.43. The van der Waals surface area contributed by atoms with Crippen molar-refractivity contribution in [3.05, 3.63) is 81.6 Å². The van der Waals surface area contributed by atoms with E-state index in [0.29, 0.717) is 50.3 Å². The molecule has 0 aliphatic carbocycles. The van der Waals surface area contributed by atoms with Crippen LogP contribution >= 0.6 is 11.6 Å². The SMILES string of the molecule is COc1cc(/C=C2\Oc3cc(OC(=O)c4cccc(Cl)c4)cc(C)c3C2=O)cc(OC)c1OC. The summed E-state index contributed by atoms with van der Waals surface area (Å²) in [6.07, 6.45) is 1.59. The largest absolute Gasteiger partial charge is 0.493 e. The van der Waals surface area contributed by atoms with Crippen molar-refractivity contribution in [1.29, 1.82) is 0 Å². The Kier molecular flexibility index (Phi) is 6.47. The summed E-state index contributed by atoms with van der Waals surface area (Å²) in [7, 11) is 4.53. The zero-order valence-corrected chi connectivity index (χ0v) is 19.7. The first-order valence-corrected chi connectivity index (χ1v) is 10.6. The number of benzene rings is 3. The summed E-state index contributed by atoms with van der Waals surface area (Å²) < 4.78 is 27.4. The molecule has 8 heteroatoms. The molecule has 0 fully saturated rings. The molecule has 0 spiro atoms. The number of halogens is 1. The number of hydrogen-bond donors (Lipinski definition) is 0. The Bertz CT molecular complexity index is 1300. The molecule has 0 bridgehead atoms. The summed E-state index contributed by atoms with van der Waals surface area (Å²) in [6, 6.07) is 13.0. The number of allylic oxidation sites excluding steroid dienone is 1. The summed E-state index contributed by atoms with van der Waals surface area (Å²) in [6.45, 7) is 1.75. The standard InChI is InChI=1S/C26H21ClO7/c1-14-8-18(33-26(29)16-6-5-7-17(27)12-16)13-19-23(14)24(28)20(34-19)9-15-10-21(30-2)25(32-4)22(11-15)31-3/h5-13H,1-4H3/b20-9-. The van der Waals surface area contributed by atoms with Crippen molar-refractivity contribution in [3.8, 4) is 28.7 Å². The lowest BCUT2D eigenvalue weighted by Gasteiger charge is -2.13. The van der Waals surface area contributed by atoms with E-state index in [2.05, 4.69) is 0 Å². The number of fused-ring (bicyclic) bond motifs is 1. The number of esters is 1. The van der Waals surface area contributed by atoms with Crippen molar-refractivity contribution >= 4 is 29.4 Å². The molecule has 3 aromatic rings. The first-order valence-electron chi connectivity index (χ1n) is 10.2. The Hall–Kier alpha value is -3.97. The Morgan fingerprint density at radius 1 is 0.971 bits per heavy atom. The molecular formula is C26H21ClO7. The van der Waals surface area contributed by atoms with Crippen LogP contribution in [0, 0.1) is 6.92 Å². The predicted octanol–water partition coefficient (Wildman–Crippen LogP) is 5.51. The van der Waals surface area contributed by atoms with Crippen LogP contribution in [0.3, 0.4) is 0 Å². The van der Waals surface area contributed by atoms with Crippen LogP contribution in [0.25, 0.3) is 6.08 Å². The van der Waals surface area contributed by atoms with Crippen molar-refractivity contribution in [2.45, 2.75) is 6.92 Å². The first kappa shape index (κ1) is 23.2. The number of rotatable bonds is 6. The minimum atomic E-state index is -0.570. The van der Waals surface area contributed by atoms with E-state index in [9.17, 15) is 9.59 Å². The van der Waals surface area contributed by atoms with Gasteiger partial charge >= 0.3 is 5.97 Å². The number of methoxy groups -OCH3 is 3. The van der Waals surface area contributed by atoms with E-state index in [0.717, 1.165) is 0 Å². The number of carbonyl (C=O) groups excluding carboxylic acids is 2. The molecule has 0 aromatic heterocycles. The van der Waals surface area contributed by atoms with Crippen LogP contribution in [-0.4, -0.2) is 33.1 Å². The van der Waals surface area contributed by atoms with Gasteiger partial charge in [-0.05, 0) is 60.5 Å². The molecule has 7 nitrogen and oxygen atoms in total. The van der Waals surface area contributed by atoms with Crippen LogP contribution in [-0.2, 0) is 0 Å². The molecule has 0 amide bonds. The minimum absolute atomic E-state index is 0.116. The van der Waals surface area contributed by atoms with Crippen LogP contribution in [0.4, 0.5) is 0 Å². The third-order valence-corrected chi connectivity index (χ3v) is 5.43. The second-order valence-corrected chi connectivity index (χ2v) is 7.85. The van der Waals surface area contributed by atoms with Gasteiger partial charge in [-0.2, -0.15) is 0 Å². The van der Waals surface area contributed by atoms with E-state index in [1.165, 1.54) is 33.5 Å². The van der Waals surface area contributed by atoms with Crippen LogP contribution in [0.1, 0.15) is 31.8 Å². The molecule has 0 unspecified atom stereocenters. The van der Waals surface area contributed by atoms with Gasteiger partial charge in [0.2, 0.25) is 11.5 Å². The van der Waals surface area contributed by atoms with Gasteiger partial charge in [0.1, 0.15) is 11.5 Å². The van der Waals surface area contributed by atoms with Gasteiger partial charge in [0.25, 0.3) is 0 Å². The van der Waals surface area contributed by atoms with Crippen molar-refractivity contribution in [2.75, 3.05) is 21.3 Å². The Labute approximate surface area is 201 Å². The molecule has 3 aromatic carbocycles. The summed E-state index contributed by atoms with van der Waals surface area (Å²) in [5.41, 5.74) is 1.95. The quantitative estimate of drug-likeness (QED) is 0.261. The van der Waals surface area contributed by atoms with Crippen molar-refractivity contribution in [1.82, 2.24) is 0 Å². The van der Waals surface area contributed by atoms with Crippen molar-refractivity contribution < 1.29 is 33.3 Å². The summed E-state index contributed by atoms with van der Waals surface area (Å²) in [5.74, 6) is 1.15. The fourth-order valence-corrected chi connectivity index (χ4v) is 3.84. The average molecular weight is 481 g/mol. The van der Waals surface area contributed by atoms with Gasteiger partial charge < -0.3 is 23.7 Å². The lowest BCUT2D eigenvalue weighted by Crippen LogP contribution is -2.08. The van der Waals surface area contributed by atoms with Gasteiger partial charge in [0.15, 0.2) is 17.3 Å². The number of carbonyl (C=O) groups is 2. The number of hydrogen-bond acceptors (Lipinski definition) is 7. The molecule has 1 aliphatic rings. The zero-order valence-electron chi connectivity index (χ0n) is 18.9. The highest BCUT2D eigenvalue weighted by Crippen LogP contribution is 2.41. The summed E-state index contributed by atoms with van der Waals surface area (Å²) in [5, 5.41) is 0.426. The van der Waals surface area contributed by atoms with E-state index in [1.54, 1.807) is 49.4 Å². The lowest BCUT2D eigenvalue weighted by atomic mass is 10.0. The van der Waals surface area contributed by atoms with Crippen molar-refractivity contribution in [3.63, 3.8) is 0 Å². The Morgan fingerprint density at radius 2 is 1.68 bits per heavy atom. The number of ketones is 1. The highest BCUT2D eigenvalue weighted by atomic mass is 35.5. The number of Topliss-reactive ketones (excluding diaryl/α,β-unsaturated/α-hetero) is 1. The smallest absolute Gasteiger partial charge is 0.343 e. The second kappa shape index (κ2) is 9.49. The number of aryl methyl sites for hydroxylation is 1. The van der Waals surface area contributed by atoms with E-state index < -0.39 is 5.97 Å². The normalized spacial score (nSPS) is 13.3. The molecule has 4 rings (SSSR count). The highest BCUT2D eigenvalue weighted by Gasteiger charge is 2.30. The maximum atomic E-state index is 13.0. The van der Waals surface area contributed by atoms with E-state index in [-0.39, 0.29) is 17.3 Å². The van der Waals surface area contributed by atoms with E-state index >= 15 is 0 Å². The van der Waals surface area contributed by atoms with Gasteiger partial charge in [-0.25, -0.2) is 4.79 Å². The molecule has 0 N–H and O–H groups in total. The van der Waals surface area contributed by atoms with Crippen LogP contribution in [0.15, 0.2) is 54.3 Å². The van der Waals surface area contributed by atoms with E-state index in [1.807, 2.05) is 0 Å². The van der Waals surface area contributed by atoms with Crippen LogP contribution in [0.2, 0.25) is 5.02 Å². The molecule has 0 atom stereocenters. The molecule has 174 valence electrons. The fourth-order valence-electron chi connectivity index (χ4n) is 3.65. The Morgan fingerprint density at radius 3 is 2.29 bits per heavy atom. The first-order chi connectivity index (χ1) is 16.3. The van der Waals surface area contributed by atoms with Gasteiger partial charge in [-0.3, -0.25) is 4.79 Å². The molecule has 1 aliphatic heterocycles. The van der Waals surface area contributed by atoms with Crippen LogP contribution < -0.4 is 23.7 Å². The zero-order chi connectivity index (χ0) is 24.4. The maximum absolute atomic E-state index is 13.0. The molecule has 0 radical (unpaired) electrons. The van der Waals surface area contributed by atoms with Gasteiger partial charge in [-0.1, -0.05) is 17.7 Å². The monoisotopic (exact) mass is 480 g/mol. The molecule has 0 saturated carbocycles. The average Bonchev–Trinajstić information content (AvgIpc) is 3.13.